The molecule has 3 aromatic rings. The van der Waals surface area contributed by atoms with Crippen molar-refractivity contribution >= 4 is 33.7 Å². The van der Waals surface area contributed by atoms with Gasteiger partial charge in [0.25, 0.3) is 5.69 Å². The van der Waals surface area contributed by atoms with Crippen LogP contribution < -0.4 is 10.2 Å². The third-order valence-electron chi connectivity index (χ3n) is 3.10. The van der Waals surface area contributed by atoms with E-state index in [9.17, 15) is 14.9 Å². The molecule has 0 aliphatic carbocycles. The molecule has 0 fully saturated rings. The lowest BCUT2D eigenvalue weighted by molar-refractivity contribution is -0.383. The summed E-state index contributed by atoms with van der Waals surface area (Å²) in [6.45, 7) is 0.491. The Labute approximate surface area is 128 Å². The SMILES string of the molecule is O=c1[nH]c(CCNc2ncnc3cccc([N+](=O)[O-])c23)cs1. The number of aromatic nitrogens is 3. The monoisotopic (exact) mass is 317 g/mol. The zero-order valence-corrected chi connectivity index (χ0v) is 12.1. The Balaban J connectivity index is 1.87. The van der Waals surface area contributed by atoms with E-state index in [1.807, 2.05) is 0 Å². The van der Waals surface area contributed by atoms with Gasteiger partial charge < -0.3 is 10.3 Å². The molecule has 3 rings (SSSR count). The third-order valence-corrected chi connectivity index (χ3v) is 3.81. The van der Waals surface area contributed by atoms with Gasteiger partial charge in [0, 0.05) is 30.1 Å². The summed E-state index contributed by atoms with van der Waals surface area (Å²) in [6, 6.07) is 4.71. The van der Waals surface area contributed by atoms with Crippen molar-refractivity contribution < 1.29 is 4.92 Å². The highest BCUT2D eigenvalue weighted by atomic mass is 32.1. The lowest BCUT2D eigenvalue weighted by Gasteiger charge is -2.07. The zero-order valence-electron chi connectivity index (χ0n) is 11.3. The Bertz CT molecular complexity index is 883. The van der Waals surface area contributed by atoms with Crippen molar-refractivity contribution in [2.24, 2.45) is 0 Å². The molecular formula is C13H11N5O3S. The molecule has 0 unspecified atom stereocenters. The highest BCUT2D eigenvalue weighted by molar-refractivity contribution is 7.07. The number of aromatic amines is 1. The van der Waals surface area contributed by atoms with Crippen LogP contribution in [0.2, 0.25) is 0 Å². The fourth-order valence-corrected chi connectivity index (χ4v) is 2.75. The molecule has 2 aromatic heterocycles. The number of hydrogen-bond donors (Lipinski definition) is 2. The average Bonchev–Trinajstić information content (AvgIpc) is 2.92. The number of anilines is 1. The van der Waals surface area contributed by atoms with Gasteiger partial charge in [-0.15, -0.1) is 0 Å². The van der Waals surface area contributed by atoms with Crippen LogP contribution in [0.3, 0.4) is 0 Å². The summed E-state index contributed by atoms with van der Waals surface area (Å²) in [6.07, 6.45) is 1.95. The Morgan fingerprint density at radius 1 is 1.36 bits per heavy atom. The number of fused-ring (bicyclic) bond motifs is 1. The number of non-ortho nitro benzene ring substituents is 1. The van der Waals surface area contributed by atoms with Crippen LogP contribution >= 0.6 is 11.3 Å². The van der Waals surface area contributed by atoms with Crippen molar-refractivity contribution in [3.63, 3.8) is 0 Å². The molecule has 1 aromatic carbocycles. The minimum absolute atomic E-state index is 0.0375. The summed E-state index contributed by atoms with van der Waals surface area (Å²) in [5, 5.41) is 16.4. The fraction of sp³-hybridized carbons (Fsp3) is 0.154. The summed E-state index contributed by atoms with van der Waals surface area (Å²) in [5.74, 6) is 0.412. The van der Waals surface area contributed by atoms with Crippen molar-refractivity contribution in [3.8, 4) is 0 Å². The molecule has 22 heavy (non-hydrogen) atoms. The Hall–Kier alpha value is -2.81. The molecule has 0 saturated heterocycles. The molecule has 0 aliphatic heterocycles. The second-order valence-electron chi connectivity index (χ2n) is 4.50. The van der Waals surface area contributed by atoms with Crippen molar-refractivity contribution in [2.45, 2.75) is 6.42 Å². The van der Waals surface area contributed by atoms with Crippen LogP contribution in [0.5, 0.6) is 0 Å². The Morgan fingerprint density at radius 2 is 2.23 bits per heavy atom. The number of nitro groups is 1. The molecule has 112 valence electrons. The van der Waals surface area contributed by atoms with Crippen molar-refractivity contribution in [1.29, 1.82) is 0 Å². The molecule has 9 heteroatoms. The molecule has 0 radical (unpaired) electrons. The lowest BCUT2D eigenvalue weighted by atomic mass is 10.2. The average molecular weight is 317 g/mol. The maximum Gasteiger partial charge on any atom is 0.304 e. The standard InChI is InChI=1S/C13H11N5O3S/c19-13-17-8(6-22-13)4-5-14-12-11-9(15-7-16-12)2-1-3-10(11)18(20)21/h1-3,6-7H,4-5H2,(H,17,19)(H,14,15,16). The summed E-state index contributed by atoms with van der Waals surface area (Å²) in [7, 11) is 0. The highest BCUT2D eigenvalue weighted by Crippen LogP contribution is 2.29. The minimum Gasteiger partial charge on any atom is -0.369 e. The van der Waals surface area contributed by atoms with Gasteiger partial charge in [-0.05, 0) is 6.07 Å². The van der Waals surface area contributed by atoms with Gasteiger partial charge in [0.2, 0.25) is 0 Å². The van der Waals surface area contributed by atoms with E-state index in [-0.39, 0.29) is 10.6 Å². The van der Waals surface area contributed by atoms with E-state index in [1.165, 1.54) is 12.4 Å². The molecular weight excluding hydrogens is 306 g/mol. The van der Waals surface area contributed by atoms with Crippen LogP contribution in [0.15, 0.2) is 34.7 Å². The van der Waals surface area contributed by atoms with E-state index in [4.69, 9.17) is 0 Å². The van der Waals surface area contributed by atoms with Crippen LogP contribution in [0, 0.1) is 10.1 Å². The number of nitro benzene ring substituents is 1. The van der Waals surface area contributed by atoms with E-state index in [2.05, 4.69) is 20.3 Å². The minimum atomic E-state index is -0.451. The number of nitrogens with zero attached hydrogens (tertiary/aromatic N) is 3. The molecule has 0 saturated carbocycles. The first-order valence-corrected chi connectivity index (χ1v) is 7.32. The molecule has 8 nitrogen and oxygen atoms in total. The van der Waals surface area contributed by atoms with Crippen LogP contribution in [0.4, 0.5) is 11.5 Å². The number of thiazole rings is 1. The number of benzene rings is 1. The smallest absolute Gasteiger partial charge is 0.304 e. The molecule has 0 spiro atoms. The van der Waals surface area contributed by atoms with Crippen LogP contribution in [-0.2, 0) is 6.42 Å². The van der Waals surface area contributed by atoms with Gasteiger partial charge in [-0.2, -0.15) is 0 Å². The van der Waals surface area contributed by atoms with Crippen LogP contribution in [0.25, 0.3) is 10.9 Å². The van der Waals surface area contributed by atoms with E-state index >= 15 is 0 Å². The first-order chi connectivity index (χ1) is 10.6. The summed E-state index contributed by atoms with van der Waals surface area (Å²) in [4.78, 5) is 32.5. The van der Waals surface area contributed by atoms with Gasteiger partial charge in [-0.3, -0.25) is 14.9 Å². The van der Waals surface area contributed by atoms with E-state index in [0.29, 0.717) is 29.7 Å². The second-order valence-corrected chi connectivity index (χ2v) is 5.34. The van der Waals surface area contributed by atoms with Crippen LogP contribution in [-0.4, -0.2) is 26.4 Å². The topological polar surface area (TPSA) is 114 Å². The Morgan fingerprint density at radius 3 is 2.95 bits per heavy atom. The number of hydrogen-bond acceptors (Lipinski definition) is 7. The summed E-state index contributed by atoms with van der Waals surface area (Å²) >= 11 is 1.11. The maximum atomic E-state index is 11.1. The maximum absolute atomic E-state index is 11.1. The summed E-state index contributed by atoms with van der Waals surface area (Å²) < 4.78 is 0. The first kappa shape index (κ1) is 14.1. The largest absolute Gasteiger partial charge is 0.369 e. The Kier molecular flexibility index (Phi) is 3.79. The highest BCUT2D eigenvalue weighted by Gasteiger charge is 2.16. The van der Waals surface area contributed by atoms with Crippen molar-refractivity contribution in [1.82, 2.24) is 15.0 Å². The predicted molar refractivity (Wildman–Crippen MR) is 83.3 cm³/mol. The van der Waals surface area contributed by atoms with Gasteiger partial charge in [0.15, 0.2) is 0 Å². The molecule has 2 heterocycles. The molecule has 2 N–H and O–H groups in total. The van der Waals surface area contributed by atoms with E-state index in [0.717, 1.165) is 17.0 Å². The second kappa shape index (κ2) is 5.90. The number of nitrogens with one attached hydrogen (secondary N) is 2. The van der Waals surface area contributed by atoms with Gasteiger partial charge in [-0.1, -0.05) is 17.4 Å². The zero-order chi connectivity index (χ0) is 15.5. The quantitative estimate of drug-likeness (QED) is 0.549. The van der Waals surface area contributed by atoms with E-state index in [1.54, 1.807) is 17.5 Å². The van der Waals surface area contributed by atoms with Gasteiger partial charge in [0.1, 0.15) is 17.5 Å². The third kappa shape index (κ3) is 2.79. The number of rotatable bonds is 5. The normalized spacial score (nSPS) is 10.7. The first-order valence-electron chi connectivity index (χ1n) is 6.44. The lowest BCUT2D eigenvalue weighted by Crippen LogP contribution is -2.09. The van der Waals surface area contributed by atoms with E-state index < -0.39 is 4.92 Å². The van der Waals surface area contributed by atoms with Crippen molar-refractivity contribution in [3.05, 3.63) is 55.4 Å². The van der Waals surface area contributed by atoms with Crippen LogP contribution in [0.1, 0.15) is 5.69 Å². The molecule has 0 aliphatic rings. The molecule has 0 atom stereocenters. The predicted octanol–water partition coefficient (Wildman–Crippen LogP) is 1.94. The summed E-state index contributed by atoms with van der Waals surface area (Å²) in [5.41, 5.74) is 1.29. The molecule has 0 amide bonds. The number of H-pyrrole nitrogens is 1. The van der Waals surface area contributed by atoms with Gasteiger partial charge in [-0.25, -0.2) is 9.97 Å². The molecule has 0 bridgehead atoms. The van der Waals surface area contributed by atoms with Gasteiger partial charge >= 0.3 is 4.87 Å². The van der Waals surface area contributed by atoms with Crippen molar-refractivity contribution in [2.75, 3.05) is 11.9 Å². The van der Waals surface area contributed by atoms with Gasteiger partial charge in [0.05, 0.1) is 10.4 Å². The fourth-order valence-electron chi connectivity index (χ4n) is 2.13.